The molecule has 0 bridgehead atoms. The van der Waals surface area contributed by atoms with Gasteiger partial charge in [-0.3, -0.25) is 10.1 Å². The molecule has 9 heteroatoms. The Labute approximate surface area is 154 Å². The molecule has 0 radical (unpaired) electrons. The molecule has 3 rings (SSSR count). The van der Waals surface area contributed by atoms with Crippen molar-refractivity contribution in [3.63, 3.8) is 0 Å². The number of ether oxygens (including phenoxy) is 3. The Kier molecular flexibility index (Phi) is 5.20. The molecule has 0 saturated heterocycles. The number of aromatic nitrogens is 2. The number of nitro groups is 1. The monoisotopic (exact) mass is 371 g/mol. The van der Waals surface area contributed by atoms with Gasteiger partial charge in [0.05, 0.1) is 25.2 Å². The maximum Gasteiger partial charge on any atom is 0.314 e. The lowest BCUT2D eigenvalue weighted by Gasteiger charge is -2.11. The topological polar surface area (TPSA) is 110 Å². The first-order valence-electron chi connectivity index (χ1n) is 7.98. The van der Waals surface area contributed by atoms with Crippen LogP contribution in [0.2, 0.25) is 0 Å². The summed E-state index contributed by atoms with van der Waals surface area (Å²) in [5.41, 5.74) is 0.508. The van der Waals surface area contributed by atoms with Crippen molar-refractivity contribution in [2.75, 3.05) is 14.2 Å². The van der Waals surface area contributed by atoms with E-state index < -0.39 is 11.0 Å². The van der Waals surface area contributed by atoms with E-state index in [1.807, 2.05) is 0 Å². The minimum absolute atomic E-state index is 0.0810. The predicted molar refractivity (Wildman–Crippen MR) is 95.0 cm³/mol. The van der Waals surface area contributed by atoms with Crippen LogP contribution in [0.3, 0.4) is 0 Å². The molecule has 0 aliphatic carbocycles. The molecule has 1 atom stereocenters. The summed E-state index contributed by atoms with van der Waals surface area (Å²) >= 11 is 0. The highest BCUT2D eigenvalue weighted by Gasteiger charge is 2.22. The van der Waals surface area contributed by atoms with E-state index in [0.29, 0.717) is 17.4 Å². The van der Waals surface area contributed by atoms with Crippen molar-refractivity contribution in [1.82, 2.24) is 10.2 Å². The Hall–Kier alpha value is -3.62. The second kappa shape index (κ2) is 7.73. The zero-order valence-electron chi connectivity index (χ0n) is 14.9. The van der Waals surface area contributed by atoms with Crippen molar-refractivity contribution in [3.05, 3.63) is 58.5 Å². The van der Waals surface area contributed by atoms with Crippen LogP contribution in [0.1, 0.15) is 18.9 Å². The molecule has 140 valence electrons. The molecule has 0 spiro atoms. The van der Waals surface area contributed by atoms with Gasteiger partial charge in [0.2, 0.25) is 5.89 Å². The van der Waals surface area contributed by atoms with E-state index in [0.717, 1.165) is 5.56 Å². The van der Waals surface area contributed by atoms with Gasteiger partial charge in [0.1, 0.15) is 11.5 Å². The van der Waals surface area contributed by atoms with Crippen LogP contribution < -0.4 is 14.2 Å². The van der Waals surface area contributed by atoms with Crippen LogP contribution in [0, 0.1) is 10.1 Å². The van der Waals surface area contributed by atoms with Gasteiger partial charge in [0.15, 0.2) is 11.9 Å². The summed E-state index contributed by atoms with van der Waals surface area (Å²) in [5, 5.41) is 19.2. The van der Waals surface area contributed by atoms with E-state index in [2.05, 4.69) is 10.2 Å². The fourth-order valence-corrected chi connectivity index (χ4v) is 2.36. The molecule has 27 heavy (non-hydrogen) atoms. The summed E-state index contributed by atoms with van der Waals surface area (Å²) in [6.07, 6.45) is -0.684. The van der Waals surface area contributed by atoms with Crippen molar-refractivity contribution in [2.45, 2.75) is 13.0 Å². The van der Waals surface area contributed by atoms with Crippen LogP contribution in [-0.4, -0.2) is 29.3 Å². The van der Waals surface area contributed by atoms with Crippen LogP contribution in [0.15, 0.2) is 46.9 Å². The van der Waals surface area contributed by atoms with Gasteiger partial charge in [-0.05, 0) is 43.3 Å². The van der Waals surface area contributed by atoms with Gasteiger partial charge in [-0.15, -0.1) is 10.2 Å². The minimum Gasteiger partial charge on any atom is -0.497 e. The highest BCUT2D eigenvalue weighted by molar-refractivity contribution is 5.54. The number of nitrogens with zero attached hydrogens (tertiary/aromatic N) is 3. The van der Waals surface area contributed by atoms with Gasteiger partial charge in [-0.2, -0.15) is 0 Å². The number of hydrogen-bond acceptors (Lipinski definition) is 8. The van der Waals surface area contributed by atoms with Gasteiger partial charge in [-0.25, -0.2) is 0 Å². The predicted octanol–water partition coefficient (Wildman–Crippen LogP) is 3.80. The molecule has 1 aromatic heterocycles. The van der Waals surface area contributed by atoms with E-state index in [-0.39, 0.29) is 17.3 Å². The Bertz CT molecular complexity index is 939. The average molecular weight is 371 g/mol. The van der Waals surface area contributed by atoms with Crippen LogP contribution in [-0.2, 0) is 0 Å². The third kappa shape index (κ3) is 3.97. The summed E-state index contributed by atoms with van der Waals surface area (Å²) in [5.74, 6) is 1.67. The molecule has 3 aromatic rings. The molecule has 0 aliphatic heterocycles. The van der Waals surface area contributed by atoms with Crippen LogP contribution in [0.25, 0.3) is 11.5 Å². The van der Waals surface area contributed by atoms with Gasteiger partial charge >= 0.3 is 5.69 Å². The Morgan fingerprint density at radius 2 is 1.70 bits per heavy atom. The van der Waals surface area contributed by atoms with Crippen LogP contribution in [0.5, 0.6) is 17.2 Å². The molecular formula is C18H17N3O6. The Balaban J connectivity index is 1.80. The van der Waals surface area contributed by atoms with Crippen LogP contribution >= 0.6 is 0 Å². The third-order valence-corrected chi connectivity index (χ3v) is 3.79. The first-order valence-corrected chi connectivity index (χ1v) is 7.98. The molecule has 0 N–H and O–H groups in total. The Morgan fingerprint density at radius 1 is 1.04 bits per heavy atom. The van der Waals surface area contributed by atoms with E-state index in [4.69, 9.17) is 18.6 Å². The fraction of sp³-hybridized carbons (Fsp3) is 0.222. The second-order valence-electron chi connectivity index (χ2n) is 5.52. The van der Waals surface area contributed by atoms with Crippen molar-refractivity contribution < 1.29 is 23.6 Å². The molecule has 0 unspecified atom stereocenters. The summed E-state index contributed by atoms with van der Waals surface area (Å²) in [6, 6.07) is 11.5. The highest BCUT2D eigenvalue weighted by atomic mass is 16.6. The molecule has 0 saturated carbocycles. The zero-order valence-corrected chi connectivity index (χ0v) is 14.9. The van der Waals surface area contributed by atoms with Crippen molar-refractivity contribution in [3.8, 4) is 28.7 Å². The second-order valence-corrected chi connectivity index (χ2v) is 5.52. The van der Waals surface area contributed by atoms with Crippen molar-refractivity contribution in [1.29, 1.82) is 0 Å². The van der Waals surface area contributed by atoms with E-state index in [1.165, 1.54) is 19.2 Å². The first kappa shape index (κ1) is 18.2. The molecule has 0 amide bonds. The number of nitro benzene ring substituents is 1. The average Bonchev–Trinajstić information content (AvgIpc) is 3.18. The molecule has 9 nitrogen and oxygen atoms in total. The maximum atomic E-state index is 11.3. The fourth-order valence-electron chi connectivity index (χ4n) is 2.36. The summed E-state index contributed by atoms with van der Waals surface area (Å²) in [4.78, 5) is 10.7. The van der Waals surface area contributed by atoms with Gasteiger partial charge in [-0.1, -0.05) is 0 Å². The highest BCUT2D eigenvalue weighted by Crippen LogP contribution is 2.34. The third-order valence-electron chi connectivity index (χ3n) is 3.79. The van der Waals surface area contributed by atoms with E-state index in [9.17, 15) is 10.1 Å². The molecule has 0 fully saturated rings. The standard InChI is InChI=1S/C18H17N3O6/c1-11(26-16-9-8-14(25-3)10-15(16)21(22)23)17-19-20-18(27-17)12-4-6-13(24-2)7-5-12/h4-11H,1-3H3/t11-/m1/s1. The SMILES string of the molecule is COc1ccc(-c2nnc([C@@H](C)Oc3ccc(OC)cc3[N+](=O)[O-])o2)cc1. The largest absolute Gasteiger partial charge is 0.497 e. The van der Waals surface area contributed by atoms with Gasteiger partial charge in [0, 0.05) is 5.56 Å². The summed E-state index contributed by atoms with van der Waals surface area (Å²) < 4.78 is 21.4. The lowest BCUT2D eigenvalue weighted by molar-refractivity contribution is -0.386. The van der Waals surface area contributed by atoms with Crippen molar-refractivity contribution >= 4 is 5.69 Å². The quantitative estimate of drug-likeness (QED) is 0.455. The first-order chi connectivity index (χ1) is 13.0. The van der Waals surface area contributed by atoms with E-state index >= 15 is 0 Å². The molecule has 0 aliphatic rings. The lowest BCUT2D eigenvalue weighted by atomic mass is 10.2. The molecule has 2 aromatic carbocycles. The van der Waals surface area contributed by atoms with Crippen molar-refractivity contribution in [2.24, 2.45) is 0 Å². The van der Waals surface area contributed by atoms with Crippen LogP contribution in [0.4, 0.5) is 5.69 Å². The molecule has 1 heterocycles. The zero-order chi connectivity index (χ0) is 19.4. The maximum absolute atomic E-state index is 11.3. The number of methoxy groups -OCH3 is 2. The normalized spacial score (nSPS) is 11.7. The Morgan fingerprint density at radius 3 is 2.33 bits per heavy atom. The van der Waals surface area contributed by atoms with E-state index in [1.54, 1.807) is 44.4 Å². The number of rotatable bonds is 7. The minimum atomic E-state index is -0.684. The number of benzene rings is 2. The summed E-state index contributed by atoms with van der Waals surface area (Å²) in [6.45, 7) is 1.67. The lowest BCUT2D eigenvalue weighted by Crippen LogP contribution is -2.05. The smallest absolute Gasteiger partial charge is 0.314 e. The number of hydrogen-bond donors (Lipinski definition) is 0. The van der Waals surface area contributed by atoms with Gasteiger partial charge in [0.25, 0.3) is 5.89 Å². The van der Waals surface area contributed by atoms with Gasteiger partial charge < -0.3 is 18.6 Å². The molecular weight excluding hydrogens is 354 g/mol. The summed E-state index contributed by atoms with van der Waals surface area (Å²) in [7, 11) is 3.01.